The second-order valence-corrected chi connectivity index (χ2v) is 6.85. The lowest BCUT2D eigenvalue weighted by Gasteiger charge is -2.17. The van der Waals surface area contributed by atoms with Gasteiger partial charge in [0.2, 0.25) is 0 Å². The van der Waals surface area contributed by atoms with Crippen molar-refractivity contribution in [2.24, 2.45) is 0 Å². The van der Waals surface area contributed by atoms with E-state index in [1.54, 1.807) is 30.3 Å². The van der Waals surface area contributed by atoms with Crippen molar-refractivity contribution in [2.75, 3.05) is 18.6 Å². The zero-order chi connectivity index (χ0) is 15.9. The van der Waals surface area contributed by atoms with Crippen LogP contribution >= 0.6 is 0 Å². The summed E-state index contributed by atoms with van der Waals surface area (Å²) in [7, 11) is -3.16. The summed E-state index contributed by atoms with van der Waals surface area (Å²) in [5.74, 6) is -1.21. The second-order valence-electron chi connectivity index (χ2n) is 4.59. The lowest BCUT2D eigenvalue weighted by Crippen LogP contribution is -2.40. The number of hydrogen-bond acceptors (Lipinski definition) is 4. The van der Waals surface area contributed by atoms with Crippen LogP contribution in [0.2, 0.25) is 0 Å². The van der Waals surface area contributed by atoms with Crippen molar-refractivity contribution in [3.63, 3.8) is 0 Å². The monoisotopic (exact) mass is 314 g/mol. The SMILES string of the molecule is CS(=O)(=O)CCNC(=O)NC(CC(=O)O)c1ccccc1. The maximum atomic E-state index is 11.7. The molecule has 7 nitrogen and oxygen atoms in total. The predicted octanol–water partition coefficient (Wildman–Crippen LogP) is 0.546. The number of carboxylic acid groups (broad SMARTS) is 1. The van der Waals surface area contributed by atoms with Crippen LogP contribution in [0.4, 0.5) is 4.79 Å². The normalized spacial score (nSPS) is 12.4. The molecule has 0 heterocycles. The number of sulfone groups is 1. The maximum absolute atomic E-state index is 11.7. The van der Waals surface area contributed by atoms with E-state index in [1.165, 1.54) is 0 Å². The molecule has 1 atom stereocenters. The van der Waals surface area contributed by atoms with E-state index in [2.05, 4.69) is 10.6 Å². The summed E-state index contributed by atoms with van der Waals surface area (Å²) in [6.45, 7) is -0.0285. The lowest BCUT2D eigenvalue weighted by atomic mass is 10.0. The molecule has 0 aliphatic heterocycles. The number of hydrogen-bond donors (Lipinski definition) is 3. The van der Waals surface area contributed by atoms with E-state index >= 15 is 0 Å². The minimum Gasteiger partial charge on any atom is -0.481 e. The van der Waals surface area contributed by atoms with Gasteiger partial charge in [-0.25, -0.2) is 13.2 Å². The Morgan fingerprint density at radius 3 is 2.38 bits per heavy atom. The number of rotatable bonds is 7. The van der Waals surface area contributed by atoms with Gasteiger partial charge in [0, 0.05) is 12.8 Å². The van der Waals surface area contributed by atoms with Crippen LogP contribution in [0, 0.1) is 0 Å². The standard InChI is InChI=1S/C13H18N2O5S/c1-21(19,20)8-7-14-13(18)15-11(9-12(16)17)10-5-3-2-4-6-10/h2-6,11H,7-9H2,1H3,(H,16,17)(H2,14,15,18). The fraction of sp³-hybridized carbons (Fsp3) is 0.385. The van der Waals surface area contributed by atoms with Crippen LogP contribution in [0.25, 0.3) is 0 Å². The van der Waals surface area contributed by atoms with Gasteiger partial charge in [0.25, 0.3) is 0 Å². The van der Waals surface area contributed by atoms with Gasteiger partial charge in [0.1, 0.15) is 9.84 Å². The van der Waals surface area contributed by atoms with Crippen molar-refractivity contribution < 1.29 is 23.1 Å². The molecule has 0 saturated heterocycles. The van der Waals surface area contributed by atoms with Gasteiger partial charge >= 0.3 is 12.0 Å². The van der Waals surface area contributed by atoms with Crippen molar-refractivity contribution in [3.05, 3.63) is 35.9 Å². The van der Waals surface area contributed by atoms with Crippen LogP contribution in [0.5, 0.6) is 0 Å². The molecular formula is C13H18N2O5S. The molecule has 1 aromatic carbocycles. The topological polar surface area (TPSA) is 113 Å². The van der Waals surface area contributed by atoms with Crippen LogP contribution < -0.4 is 10.6 Å². The first-order chi connectivity index (χ1) is 9.78. The van der Waals surface area contributed by atoms with E-state index in [-0.39, 0.29) is 18.7 Å². The van der Waals surface area contributed by atoms with Gasteiger partial charge in [-0.05, 0) is 5.56 Å². The molecule has 1 rings (SSSR count). The third-order valence-electron chi connectivity index (χ3n) is 2.64. The van der Waals surface area contributed by atoms with Crippen molar-refractivity contribution >= 4 is 21.8 Å². The van der Waals surface area contributed by atoms with E-state index in [1.807, 2.05) is 0 Å². The first-order valence-electron chi connectivity index (χ1n) is 6.27. The molecular weight excluding hydrogens is 296 g/mol. The van der Waals surface area contributed by atoms with E-state index in [0.29, 0.717) is 5.56 Å². The average molecular weight is 314 g/mol. The summed E-state index contributed by atoms with van der Waals surface area (Å²) in [5, 5.41) is 13.8. The highest BCUT2D eigenvalue weighted by Gasteiger charge is 2.17. The Morgan fingerprint density at radius 2 is 1.86 bits per heavy atom. The molecule has 0 aliphatic carbocycles. The molecule has 1 aromatic rings. The van der Waals surface area contributed by atoms with Gasteiger partial charge in [-0.1, -0.05) is 30.3 Å². The highest BCUT2D eigenvalue weighted by atomic mass is 32.2. The first-order valence-corrected chi connectivity index (χ1v) is 8.33. The van der Waals surface area contributed by atoms with Crippen LogP contribution in [0.1, 0.15) is 18.0 Å². The molecule has 0 fully saturated rings. The van der Waals surface area contributed by atoms with E-state index in [4.69, 9.17) is 5.11 Å². The molecule has 116 valence electrons. The number of carbonyl (C=O) groups is 2. The van der Waals surface area contributed by atoms with Crippen LogP contribution in [-0.4, -0.2) is 44.1 Å². The summed E-state index contributed by atoms with van der Waals surface area (Å²) >= 11 is 0. The first kappa shape index (κ1) is 17.0. The van der Waals surface area contributed by atoms with Gasteiger partial charge in [-0.15, -0.1) is 0 Å². The highest BCUT2D eigenvalue weighted by Crippen LogP contribution is 2.16. The van der Waals surface area contributed by atoms with Gasteiger partial charge in [-0.2, -0.15) is 0 Å². The maximum Gasteiger partial charge on any atom is 0.315 e. The number of aliphatic carboxylic acids is 1. The number of nitrogens with one attached hydrogen (secondary N) is 2. The number of urea groups is 1. The quantitative estimate of drug-likeness (QED) is 0.680. The van der Waals surface area contributed by atoms with Gasteiger partial charge in [-0.3, -0.25) is 4.79 Å². The number of carbonyl (C=O) groups excluding carboxylic acids is 1. The molecule has 3 N–H and O–H groups in total. The average Bonchev–Trinajstić information content (AvgIpc) is 2.37. The molecule has 21 heavy (non-hydrogen) atoms. The third-order valence-corrected chi connectivity index (χ3v) is 3.59. The Labute approximate surface area is 123 Å². The van der Waals surface area contributed by atoms with Crippen LogP contribution in [0.15, 0.2) is 30.3 Å². The zero-order valence-corrected chi connectivity index (χ0v) is 12.4. The molecule has 0 saturated carbocycles. The minimum absolute atomic E-state index is 0.0285. The number of carboxylic acids is 1. The smallest absolute Gasteiger partial charge is 0.315 e. The van der Waals surface area contributed by atoms with Crippen molar-refractivity contribution in [2.45, 2.75) is 12.5 Å². The Kier molecular flexibility index (Phi) is 6.16. The molecule has 0 spiro atoms. The van der Waals surface area contributed by atoms with Crippen molar-refractivity contribution in [1.82, 2.24) is 10.6 Å². The Bertz CT molecular complexity index is 586. The number of benzene rings is 1. The molecule has 0 aromatic heterocycles. The van der Waals surface area contributed by atoms with Gasteiger partial charge < -0.3 is 15.7 Å². The van der Waals surface area contributed by atoms with Gasteiger partial charge in [0.15, 0.2) is 0 Å². The molecule has 0 bridgehead atoms. The largest absolute Gasteiger partial charge is 0.481 e. The minimum atomic E-state index is -3.16. The summed E-state index contributed by atoms with van der Waals surface area (Å²) in [6, 6.07) is 7.42. The van der Waals surface area contributed by atoms with Crippen LogP contribution in [0.3, 0.4) is 0 Å². The second kappa shape index (κ2) is 7.63. The third kappa shape index (κ3) is 7.31. The Hall–Kier alpha value is -2.09. The molecule has 1 unspecified atom stereocenters. The Morgan fingerprint density at radius 1 is 1.24 bits per heavy atom. The fourth-order valence-electron chi connectivity index (χ4n) is 1.67. The Balaban J connectivity index is 2.61. The van der Waals surface area contributed by atoms with Crippen LogP contribution in [-0.2, 0) is 14.6 Å². The zero-order valence-electron chi connectivity index (χ0n) is 11.6. The van der Waals surface area contributed by atoms with Crippen molar-refractivity contribution in [3.8, 4) is 0 Å². The molecule has 2 amide bonds. The van der Waals surface area contributed by atoms with E-state index in [0.717, 1.165) is 6.26 Å². The lowest BCUT2D eigenvalue weighted by molar-refractivity contribution is -0.137. The summed E-state index contributed by atoms with van der Waals surface area (Å²) < 4.78 is 21.9. The van der Waals surface area contributed by atoms with Gasteiger partial charge in [0.05, 0.1) is 18.2 Å². The highest BCUT2D eigenvalue weighted by molar-refractivity contribution is 7.90. The summed E-state index contributed by atoms with van der Waals surface area (Å²) in [6.07, 6.45) is 0.813. The fourth-order valence-corrected chi connectivity index (χ4v) is 2.14. The summed E-state index contributed by atoms with van der Waals surface area (Å²) in [4.78, 5) is 22.5. The molecule has 8 heteroatoms. The van der Waals surface area contributed by atoms with E-state index in [9.17, 15) is 18.0 Å². The predicted molar refractivity (Wildman–Crippen MR) is 77.7 cm³/mol. The summed E-state index contributed by atoms with van der Waals surface area (Å²) in [5.41, 5.74) is 0.665. The molecule has 0 aliphatic rings. The number of amides is 2. The van der Waals surface area contributed by atoms with E-state index < -0.39 is 27.9 Å². The molecule has 0 radical (unpaired) electrons. The van der Waals surface area contributed by atoms with Crippen molar-refractivity contribution in [1.29, 1.82) is 0 Å².